The fourth-order valence-corrected chi connectivity index (χ4v) is 3.12. The molecule has 1 aromatic heterocycles. The third kappa shape index (κ3) is 4.56. The number of methoxy groups -OCH3 is 2. The molecule has 0 aliphatic heterocycles. The van der Waals surface area contributed by atoms with Crippen LogP contribution >= 0.6 is 0 Å². The average molecular weight is 337 g/mol. The molecule has 3 atom stereocenters. The number of anilines is 1. The van der Waals surface area contributed by atoms with Gasteiger partial charge < -0.3 is 14.8 Å². The van der Waals surface area contributed by atoms with Crippen LogP contribution in [-0.2, 0) is 9.47 Å². The first-order valence-corrected chi connectivity index (χ1v) is 8.51. The van der Waals surface area contributed by atoms with Crippen LogP contribution in [0.3, 0.4) is 0 Å². The van der Waals surface area contributed by atoms with Gasteiger partial charge in [-0.25, -0.2) is 9.97 Å². The summed E-state index contributed by atoms with van der Waals surface area (Å²) in [6.07, 6.45) is 6.78. The number of hydrogen-bond donors (Lipinski definition) is 1. The molecule has 1 heterocycles. The number of benzene rings is 1. The van der Waals surface area contributed by atoms with Crippen molar-refractivity contribution in [1.82, 2.24) is 9.97 Å². The molecule has 0 bridgehead atoms. The van der Waals surface area contributed by atoms with Gasteiger partial charge in [-0.3, -0.25) is 0 Å². The van der Waals surface area contributed by atoms with Gasteiger partial charge in [-0.05, 0) is 31.4 Å². The van der Waals surface area contributed by atoms with Crippen LogP contribution in [0, 0.1) is 11.8 Å². The molecule has 1 aromatic carbocycles. The average Bonchev–Trinajstić information content (AvgIpc) is 2.68. The van der Waals surface area contributed by atoms with Crippen molar-refractivity contribution in [2.45, 2.75) is 37.5 Å². The second-order valence-corrected chi connectivity index (χ2v) is 6.06. The molecule has 5 heteroatoms. The van der Waals surface area contributed by atoms with Crippen molar-refractivity contribution in [3.8, 4) is 11.8 Å². The van der Waals surface area contributed by atoms with Crippen LogP contribution in [0.5, 0.6) is 0 Å². The van der Waals surface area contributed by atoms with Crippen molar-refractivity contribution in [2.24, 2.45) is 0 Å². The molecule has 0 radical (unpaired) electrons. The third-order valence-electron chi connectivity index (χ3n) is 4.46. The molecule has 1 aliphatic carbocycles. The highest BCUT2D eigenvalue weighted by Crippen LogP contribution is 2.25. The van der Waals surface area contributed by atoms with Crippen molar-refractivity contribution in [2.75, 3.05) is 19.5 Å². The van der Waals surface area contributed by atoms with Gasteiger partial charge in [0.15, 0.2) is 0 Å². The van der Waals surface area contributed by atoms with Crippen LogP contribution < -0.4 is 5.32 Å². The zero-order valence-corrected chi connectivity index (χ0v) is 14.6. The van der Waals surface area contributed by atoms with Crippen LogP contribution in [0.4, 0.5) is 5.95 Å². The smallest absolute Gasteiger partial charge is 0.223 e. The molecule has 5 nitrogen and oxygen atoms in total. The standard InChI is InChI=1S/C20H23N3O2/c1-24-17-9-6-10-18(25-2)19(17)23-20-21-13-16(14-22-20)12-11-15-7-4-3-5-8-15/h3-5,7-8,13-14,17-19H,6,9-10H2,1-2H3,(H,21,22,23)/t17-,18+,19?. The van der Waals surface area contributed by atoms with E-state index in [9.17, 15) is 0 Å². The second-order valence-electron chi connectivity index (χ2n) is 6.06. The summed E-state index contributed by atoms with van der Waals surface area (Å²) in [5, 5.41) is 3.36. The summed E-state index contributed by atoms with van der Waals surface area (Å²) in [4.78, 5) is 8.77. The normalized spacial score (nSPS) is 22.7. The van der Waals surface area contributed by atoms with Gasteiger partial charge in [0, 0.05) is 32.2 Å². The van der Waals surface area contributed by atoms with Crippen LogP contribution in [0.2, 0.25) is 0 Å². The maximum Gasteiger partial charge on any atom is 0.223 e. The van der Waals surface area contributed by atoms with Gasteiger partial charge >= 0.3 is 0 Å². The van der Waals surface area contributed by atoms with E-state index >= 15 is 0 Å². The van der Waals surface area contributed by atoms with E-state index < -0.39 is 0 Å². The highest BCUT2D eigenvalue weighted by molar-refractivity contribution is 5.42. The Labute approximate surface area is 148 Å². The Bertz CT molecular complexity index is 710. The summed E-state index contributed by atoms with van der Waals surface area (Å²) in [6.45, 7) is 0. The Morgan fingerprint density at radius 3 is 2.12 bits per heavy atom. The number of ether oxygens (including phenoxy) is 2. The van der Waals surface area contributed by atoms with Crippen LogP contribution in [0.25, 0.3) is 0 Å². The first-order valence-electron chi connectivity index (χ1n) is 8.51. The number of rotatable bonds is 4. The Hall–Kier alpha value is -2.42. The predicted molar refractivity (Wildman–Crippen MR) is 97.3 cm³/mol. The maximum absolute atomic E-state index is 5.60. The summed E-state index contributed by atoms with van der Waals surface area (Å²) in [5.74, 6) is 6.75. The fraction of sp³-hybridized carbons (Fsp3) is 0.400. The minimum Gasteiger partial charge on any atom is -0.379 e. The molecule has 2 aromatic rings. The molecule has 1 unspecified atom stereocenters. The van der Waals surface area contributed by atoms with E-state index in [2.05, 4.69) is 27.1 Å². The molecule has 130 valence electrons. The van der Waals surface area contributed by atoms with Crippen LogP contribution in [-0.4, -0.2) is 42.4 Å². The van der Waals surface area contributed by atoms with E-state index in [-0.39, 0.29) is 18.2 Å². The topological polar surface area (TPSA) is 56.3 Å². The molecule has 3 rings (SSSR count). The predicted octanol–water partition coefficient (Wildman–Crippen LogP) is 2.87. The minimum atomic E-state index is 0.0463. The lowest BCUT2D eigenvalue weighted by Gasteiger charge is -2.36. The summed E-state index contributed by atoms with van der Waals surface area (Å²) >= 11 is 0. The van der Waals surface area contributed by atoms with Gasteiger partial charge in [-0.2, -0.15) is 0 Å². The molecule has 1 saturated carbocycles. The van der Waals surface area contributed by atoms with E-state index in [0.717, 1.165) is 30.4 Å². The number of nitrogens with zero attached hydrogens (tertiary/aromatic N) is 2. The van der Waals surface area contributed by atoms with Gasteiger partial charge in [-0.15, -0.1) is 0 Å². The van der Waals surface area contributed by atoms with E-state index in [1.54, 1.807) is 26.6 Å². The molecular formula is C20H23N3O2. The van der Waals surface area contributed by atoms with Crippen LogP contribution in [0.15, 0.2) is 42.7 Å². The zero-order chi connectivity index (χ0) is 17.5. The zero-order valence-electron chi connectivity index (χ0n) is 14.6. The molecule has 1 fully saturated rings. The third-order valence-corrected chi connectivity index (χ3v) is 4.46. The van der Waals surface area contributed by atoms with E-state index in [4.69, 9.17) is 9.47 Å². The molecule has 1 N–H and O–H groups in total. The fourth-order valence-electron chi connectivity index (χ4n) is 3.12. The summed E-state index contributed by atoms with van der Waals surface area (Å²) in [6, 6.07) is 9.91. The monoisotopic (exact) mass is 337 g/mol. The number of hydrogen-bond acceptors (Lipinski definition) is 5. The second kappa shape index (κ2) is 8.61. The van der Waals surface area contributed by atoms with Gasteiger partial charge in [-0.1, -0.05) is 30.0 Å². The molecule has 0 amide bonds. The Kier molecular flexibility index (Phi) is 5.99. The Balaban J connectivity index is 1.68. The van der Waals surface area contributed by atoms with Gasteiger partial charge in [0.2, 0.25) is 5.95 Å². The van der Waals surface area contributed by atoms with E-state index in [1.165, 1.54) is 0 Å². The largest absolute Gasteiger partial charge is 0.379 e. The van der Waals surface area contributed by atoms with E-state index in [1.807, 2.05) is 30.3 Å². The summed E-state index contributed by atoms with van der Waals surface area (Å²) in [7, 11) is 3.47. The lowest BCUT2D eigenvalue weighted by molar-refractivity contribution is -0.0213. The van der Waals surface area contributed by atoms with Crippen molar-refractivity contribution < 1.29 is 9.47 Å². The Morgan fingerprint density at radius 2 is 1.52 bits per heavy atom. The molecule has 0 spiro atoms. The highest BCUT2D eigenvalue weighted by atomic mass is 16.5. The van der Waals surface area contributed by atoms with Gasteiger partial charge in [0.1, 0.15) is 0 Å². The maximum atomic E-state index is 5.60. The number of aromatic nitrogens is 2. The quantitative estimate of drug-likeness (QED) is 0.870. The lowest BCUT2D eigenvalue weighted by Crippen LogP contribution is -2.48. The first-order chi connectivity index (χ1) is 12.3. The first kappa shape index (κ1) is 17.4. The van der Waals surface area contributed by atoms with Gasteiger partial charge in [0.25, 0.3) is 0 Å². The van der Waals surface area contributed by atoms with Crippen molar-refractivity contribution >= 4 is 5.95 Å². The highest BCUT2D eigenvalue weighted by Gasteiger charge is 2.34. The molecule has 0 saturated heterocycles. The van der Waals surface area contributed by atoms with Gasteiger partial charge in [0.05, 0.1) is 23.8 Å². The Morgan fingerprint density at radius 1 is 0.920 bits per heavy atom. The molecular weight excluding hydrogens is 314 g/mol. The summed E-state index contributed by atoms with van der Waals surface area (Å²) in [5.41, 5.74) is 1.75. The molecule has 1 aliphatic rings. The van der Waals surface area contributed by atoms with Crippen molar-refractivity contribution in [3.63, 3.8) is 0 Å². The van der Waals surface area contributed by atoms with Crippen molar-refractivity contribution in [1.29, 1.82) is 0 Å². The van der Waals surface area contributed by atoms with E-state index in [0.29, 0.717) is 5.95 Å². The van der Waals surface area contributed by atoms with Crippen molar-refractivity contribution in [3.05, 3.63) is 53.9 Å². The molecule has 25 heavy (non-hydrogen) atoms. The van der Waals surface area contributed by atoms with Crippen LogP contribution in [0.1, 0.15) is 30.4 Å². The number of nitrogens with one attached hydrogen (secondary N) is 1. The summed E-state index contributed by atoms with van der Waals surface area (Å²) < 4.78 is 11.2. The minimum absolute atomic E-state index is 0.0463. The SMILES string of the molecule is CO[C@H]1CCC[C@@H](OC)C1Nc1ncc(C#Cc2ccccc2)cn1. The lowest BCUT2D eigenvalue weighted by atomic mass is 9.89.